The Kier molecular flexibility index (Phi) is 3.57. The van der Waals surface area contributed by atoms with E-state index in [0.29, 0.717) is 27.2 Å². The first-order valence-electron chi connectivity index (χ1n) is 7.50. The summed E-state index contributed by atoms with van der Waals surface area (Å²) in [6, 6.07) is 1.69. The maximum atomic E-state index is 6.26. The first-order chi connectivity index (χ1) is 9.79. The fourth-order valence-electron chi connectivity index (χ4n) is 4.15. The van der Waals surface area contributed by atoms with Crippen LogP contribution in [0.1, 0.15) is 40.0 Å². The van der Waals surface area contributed by atoms with Gasteiger partial charge in [-0.3, -0.25) is 0 Å². The van der Waals surface area contributed by atoms with E-state index in [4.69, 9.17) is 27.9 Å². The largest absolute Gasteiger partial charge is 0.473 e. The molecule has 2 bridgehead atoms. The van der Waals surface area contributed by atoms with Crippen LogP contribution in [0.4, 0.5) is 5.82 Å². The van der Waals surface area contributed by atoms with Crippen molar-refractivity contribution in [3.8, 4) is 5.88 Å². The number of rotatable bonds is 3. The smallest absolute Gasteiger partial charge is 0.234 e. The lowest BCUT2D eigenvalue weighted by Gasteiger charge is -2.38. The molecule has 0 spiro atoms. The molecule has 2 saturated carbocycles. The lowest BCUT2D eigenvalue weighted by atomic mass is 9.70. The van der Waals surface area contributed by atoms with Crippen LogP contribution in [-0.4, -0.2) is 18.1 Å². The van der Waals surface area contributed by atoms with Crippen LogP contribution in [-0.2, 0) is 0 Å². The van der Waals surface area contributed by atoms with Crippen LogP contribution < -0.4 is 10.1 Å². The number of fused-ring (bicyclic) bond motifs is 2. The number of aromatic nitrogens is 1. The van der Waals surface area contributed by atoms with E-state index in [0.717, 1.165) is 12.3 Å². The number of hydrogen-bond acceptors (Lipinski definition) is 3. The van der Waals surface area contributed by atoms with Gasteiger partial charge in [0.25, 0.3) is 0 Å². The lowest BCUT2D eigenvalue weighted by molar-refractivity contribution is 0.0275. The highest BCUT2D eigenvalue weighted by Gasteiger charge is 2.62. The number of pyridine rings is 1. The van der Waals surface area contributed by atoms with E-state index in [1.54, 1.807) is 13.1 Å². The van der Waals surface area contributed by atoms with Crippen molar-refractivity contribution < 1.29 is 4.74 Å². The predicted molar refractivity (Wildman–Crippen MR) is 87.4 cm³/mol. The molecule has 21 heavy (non-hydrogen) atoms. The van der Waals surface area contributed by atoms with Gasteiger partial charge < -0.3 is 10.1 Å². The summed E-state index contributed by atoms with van der Waals surface area (Å²) in [5, 5.41) is 3.95. The van der Waals surface area contributed by atoms with Crippen LogP contribution in [0, 0.1) is 16.7 Å². The third-order valence-corrected chi connectivity index (χ3v) is 6.66. The molecule has 116 valence electrons. The molecule has 3 unspecified atom stereocenters. The Balaban J connectivity index is 1.89. The van der Waals surface area contributed by atoms with Crippen LogP contribution in [0.25, 0.3) is 0 Å². The molecule has 2 aliphatic carbocycles. The molecule has 1 N–H and O–H groups in total. The number of nitrogens with zero attached hydrogens (tertiary/aromatic N) is 1. The normalized spacial score (nSPS) is 33.2. The molecule has 2 fully saturated rings. The van der Waals surface area contributed by atoms with Crippen LogP contribution in [0.2, 0.25) is 10.0 Å². The molecule has 0 radical (unpaired) electrons. The fourth-order valence-corrected chi connectivity index (χ4v) is 4.65. The number of hydrogen-bond donors (Lipinski definition) is 1. The van der Waals surface area contributed by atoms with Crippen LogP contribution in [0.3, 0.4) is 0 Å². The van der Waals surface area contributed by atoms with Crippen LogP contribution in [0.5, 0.6) is 5.88 Å². The van der Waals surface area contributed by atoms with Crippen LogP contribution >= 0.6 is 23.2 Å². The quantitative estimate of drug-likeness (QED) is 0.845. The van der Waals surface area contributed by atoms with Gasteiger partial charge in [0.15, 0.2) is 0 Å². The van der Waals surface area contributed by atoms with Crippen molar-refractivity contribution in [1.82, 2.24) is 4.98 Å². The minimum absolute atomic E-state index is 0.169. The Morgan fingerprint density at radius 3 is 2.52 bits per heavy atom. The Morgan fingerprint density at radius 1 is 1.29 bits per heavy atom. The zero-order chi connectivity index (χ0) is 15.4. The Labute approximate surface area is 136 Å². The molecule has 3 atom stereocenters. The van der Waals surface area contributed by atoms with E-state index in [1.165, 1.54) is 12.8 Å². The van der Waals surface area contributed by atoms with Gasteiger partial charge in [-0.2, -0.15) is 4.98 Å². The first-order valence-corrected chi connectivity index (χ1v) is 8.25. The standard InChI is InChI=1S/C16H22Cl2N2O/c1-15(2)9-5-6-16(15,3)12(7-9)21-14-11(18)8-10(17)13(19-4)20-14/h8-9,12H,5-7H2,1-4H3,(H,19,20). The summed E-state index contributed by atoms with van der Waals surface area (Å²) in [5.41, 5.74) is 0.491. The minimum atomic E-state index is 0.169. The van der Waals surface area contributed by atoms with Gasteiger partial charge in [-0.05, 0) is 36.7 Å². The van der Waals surface area contributed by atoms with Crippen molar-refractivity contribution in [2.24, 2.45) is 16.7 Å². The highest BCUT2D eigenvalue weighted by atomic mass is 35.5. The monoisotopic (exact) mass is 328 g/mol. The van der Waals surface area contributed by atoms with Gasteiger partial charge in [-0.25, -0.2) is 0 Å². The molecule has 2 aliphatic rings. The molecule has 3 rings (SSSR count). The average molecular weight is 329 g/mol. The van der Waals surface area contributed by atoms with E-state index in [1.807, 2.05) is 0 Å². The van der Waals surface area contributed by atoms with Gasteiger partial charge in [0, 0.05) is 12.5 Å². The summed E-state index contributed by atoms with van der Waals surface area (Å²) in [4.78, 5) is 4.42. The number of halogens is 2. The molecule has 5 heteroatoms. The molecule has 0 amide bonds. The predicted octanol–water partition coefficient (Wildman–Crippen LogP) is 5.02. The summed E-state index contributed by atoms with van der Waals surface area (Å²) >= 11 is 12.3. The van der Waals surface area contributed by atoms with Gasteiger partial charge in [-0.15, -0.1) is 0 Å². The Bertz CT molecular complexity index is 576. The molecular weight excluding hydrogens is 307 g/mol. The van der Waals surface area contributed by atoms with Crippen molar-refractivity contribution in [2.75, 3.05) is 12.4 Å². The van der Waals surface area contributed by atoms with Crippen molar-refractivity contribution in [1.29, 1.82) is 0 Å². The molecule has 1 heterocycles. The summed E-state index contributed by atoms with van der Waals surface area (Å²) in [6.07, 6.45) is 3.76. The summed E-state index contributed by atoms with van der Waals surface area (Å²) in [7, 11) is 1.79. The van der Waals surface area contributed by atoms with Crippen molar-refractivity contribution in [3.05, 3.63) is 16.1 Å². The van der Waals surface area contributed by atoms with Crippen LogP contribution in [0.15, 0.2) is 6.07 Å². The molecule has 0 aliphatic heterocycles. The van der Waals surface area contributed by atoms with E-state index in [2.05, 4.69) is 31.1 Å². The van der Waals surface area contributed by atoms with Gasteiger partial charge in [0.2, 0.25) is 5.88 Å². The van der Waals surface area contributed by atoms with E-state index < -0.39 is 0 Å². The average Bonchev–Trinajstić information content (AvgIpc) is 2.75. The Hall–Kier alpha value is -0.670. The van der Waals surface area contributed by atoms with Gasteiger partial charge in [-0.1, -0.05) is 44.0 Å². The molecule has 0 aromatic carbocycles. The molecular formula is C16H22Cl2N2O. The van der Waals surface area contributed by atoms with E-state index in [9.17, 15) is 0 Å². The van der Waals surface area contributed by atoms with Gasteiger partial charge >= 0.3 is 0 Å². The maximum Gasteiger partial charge on any atom is 0.234 e. The second-order valence-corrected chi connectivity index (χ2v) is 7.89. The van der Waals surface area contributed by atoms with Crippen molar-refractivity contribution in [3.63, 3.8) is 0 Å². The number of ether oxygens (including phenoxy) is 1. The van der Waals surface area contributed by atoms with Crippen molar-refractivity contribution >= 4 is 29.0 Å². The van der Waals surface area contributed by atoms with Gasteiger partial charge in [0.1, 0.15) is 16.9 Å². The minimum Gasteiger partial charge on any atom is -0.473 e. The molecule has 1 aromatic heterocycles. The fraction of sp³-hybridized carbons (Fsp3) is 0.688. The third kappa shape index (κ3) is 2.12. The van der Waals surface area contributed by atoms with E-state index >= 15 is 0 Å². The topological polar surface area (TPSA) is 34.2 Å². The number of nitrogens with one attached hydrogen (secondary N) is 1. The Morgan fingerprint density at radius 2 is 2.00 bits per heavy atom. The zero-order valence-corrected chi connectivity index (χ0v) is 14.5. The zero-order valence-electron chi connectivity index (χ0n) is 13.0. The van der Waals surface area contributed by atoms with Crippen molar-refractivity contribution in [2.45, 2.75) is 46.1 Å². The SMILES string of the molecule is CNc1nc(OC2CC3CCC2(C)C3(C)C)c(Cl)cc1Cl. The second kappa shape index (κ2) is 4.92. The maximum absolute atomic E-state index is 6.26. The molecule has 0 saturated heterocycles. The third-order valence-electron chi connectivity index (χ3n) is 6.10. The lowest BCUT2D eigenvalue weighted by Crippen LogP contribution is -2.39. The summed E-state index contributed by atoms with van der Waals surface area (Å²) < 4.78 is 6.23. The first kappa shape index (κ1) is 15.2. The molecule has 1 aromatic rings. The number of anilines is 1. The van der Waals surface area contributed by atoms with E-state index in [-0.39, 0.29) is 11.5 Å². The molecule has 3 nitrogen and oxygen atoms in total. The second-order valence-electron chi connectivity index (χ2n) is 7.07. The highest BCUT2D eigenvalue weighted by Crippen LogP contribution is 2.66. The summed E-state index contributed by atoms with van der Waals surface area (Å²) in [5.74, 6) is 1.81. The summed E-state index contributed by atoms with van der Waals surface area (Å²) in [6.45, 7) is 7.07. The van der Waals surface area contributed by atoms with Gasteiger partial charge in [0.05, 0.1) is 5.02 Å². The highest BCUT2D eigenvalue weighted by molar-refractivity contribution is 6.36.